The van der Waals surface area contributed by atoms with Crippen LogP contribution in [0.1, 0.15) is 27.3 Å². The fourth-order valence-electron chi connectivity index (χ4n) is 2.58. The number of aryl methyl sites for hydroxylation is 1. The van der Waals surface area contributed by atoms with Crippen LogP contribution in [0.15, 0.2) is 36.4 Å². The minimum atomic E-state index is -0.0804. The predicted molar refractivity (Wildman–Crippen MR) is 113 cm³/mol. The van der Waals surface area contributed by atoms with Crippen LogP contribution >= 0.6 is 22.6 Å². The van der Waals surface area contributed by atoms with E-state index in [2.05, 4.69) is 48.5 Å². The molecule has 2 heterocycles. The van der Waals surface area contributed by atoms with Crippen molar-refractivity contribution in [1.82, 2.24) is 25.3 Å². The number of aromatic nitrogens is 4. The molecule has 0 aliphatic carbocycles. The topological polar surface area (TPSA) is 84.7 Å². The number of hydrogen-bond acceptors (Lipinski definition) is 5. The fraction of sp³-hybridized carbons (Fsp3) is 0.263. The smallest absolute Gasteiger partial charge is 0.252 e. The molecule has 0 aliphatic heterocycles. The number of hydrogen-bond donors (Lipinski definition) is 2. The Kier molecular flexibility index (Phi) is 6.04. The summed E-state index contributed by atoms with van der Waals surface area (Å²) in [4.78, 5) is 12.2. The second-order valence-corrected chi connectivity index (χ2v) is 7.31. The molecule has 2 aromatic heterocycles. The summed E-state index contributed by atoms with van der Waals surface area (Å²) in [5, 5.41) is 19.0. The molecule has 0 atom stereocenters. The fourth-order valence-corrected chi connectivity index (χ4v) is 3.22. The maximum absolute atomic E-state index is 12.2. The van der Waals surface area contributed by atoms with Crippen molar-refractivity contribution in [2.75, 3.05) is 18.4 Å². The minimum Gasteiger partial charge on any atom is -0.367 e. The average molecular weight is 476 g/mol. The first kappa shape index (κ1) is 19.3. The van der Waals surface area contributed by atoms with Gasteiger partial charge in [-0.1, -0.05) is 12.1 Å². The second kappa shape index (κ2) is 8.47. The highest BCUT2D eigenvalue weighted by molar-refractivity contribution is 14.1. The lowest BCUT2D eigenvalue weighted by molar-refractivity contribution is 0.0954. The molecule has 140 valence electrons. The quantitative estimate of drug-likeness (QED) is 0.422. The predicted octanol–water partition coefficient (Wildman–Crippen LogP) is 3.03. The molecule has 0 spiro atoms. The molecule has 0 fully saturated rings. The third kappa shape index (κ3) is 4.44. The zero-order valence-corrected chi connectivity index (χ0v) is 17.6. The van der Waals surface area contributed by atoms with Crippen molar-refractivity contribution in [3.8, 4) is 5.82 Å². The summed E-state index contributed by atoms with van der Waals surface area (Å²) in [6.45, 7) is 7.08. The van der Waals surface area contributed by atoms with E-state index in [9.17, 15) is 4.79 Å². The molecule has 0 saturated carbocycles. The van der Waals surface area contributed by atoms with Gasteiger partial charge in [0, 0.05) is 22.4 Å². The molecule has 8 heteroatoms. The van der Waals surface area contributed by atoms with Gasteiger partial charge in [0.2, 0.25) is 0 Å². The highest BCUT2D eigenvalue weighted by atomic mass is 127. The summed E-state index contributed by atoms with van der Waals surface area (Å²) in [6.07, 6.45) is 0. The molecule has 1 aromatic carbocycles. The molecule has 0 aliphatic rings. The van der Waals surface area contributed by atoms with Crippen LogP contribution in [0.2, 0.25) is 0 Å². The van der Waals surface area contributed by atoms with Crippen LogP contribution in [0.5, 0.6) is 0 Å². The number of carbonyl (C=O) groups excluding carboxylic acids is 1. The average Bonchev–Trinajstić information content (AvgIpc) is 2.93. The summed E-state index contributed by atoms with van der Waals surface area (Å²) in [6, 6.07) is 11.2. The highest BCUT2D eigenvalue weighted by Crippen LogP contribution is 2.15. The first-order valence-corrected chi connectivity index (χ1v) is 9.69. The van der Waals surface area contributed by atoms with Crippen molar-refractivity contribution < 1.29 is 4.79 Å². The molecular weight excluding hydrogens is 455 g/mol. The molecule has 0 unspecified atom stereocenters. The molecular formula is C19H21IN6O. The second-order valence-electron chi connectivity index (χ2n) is 6.15. The third-order valence-electron chi connectivity index (χ3n) is 4.36. The molecule has 27 heavy (non-hydrogen) atoms. The van der Waals surface area contributed by atoms with E-state index >= 15 is 0 Å². The van der Waals surface area contributed by atoms with Crippen LogP contribution in [0, 0.1) is 24.3 Å². The Morgan fingerprint density at radius 2 is 1.85 bits per heavy atom. The highest BCUT2D eigenvalue weighted by Gasteiger charge is 2.11. The maximum Gasteiger partial charge on any atom is 0.252 e. The first-order valence-electron chi connectivity index (χ1n) is 8.61. The zero-order valence-electron chi connectivity index (χ0n) is 15.5. The van der Waals surface area contributed by atoms with Crippen molar-refractivity contribution in [1.29, 1.82) is 0 Å². The standard InChI is InChI=1S/C19H21IN6O/c1-12-13(2)25-26(14(12)3)18-9-8-17(23-24-18)21-10-11-22-19(27)15-6-4-5-7-16(15)20/h4-9H,10-11H2,1-3H3,(H,21,23)(H,22,27). The van der Waals surface area contributed by atoms with Crippen LogP contribution in [0.25, 0.3) is 5.82 Å². The van der Waals surface area contributed by atoms with E-state index in [1.54, 1.807) is 4.68 Å². The van der Waals surface area contributed by atoms with Gasteiger partial charge in [-0.15, -0.1) is 10.2 Å². The van der Waals surface area contributed by atoms with Gasteiger partial charge in [-0.2, -0.15) is 5.10 Å². The van der Waals surface area contributed by atoms with E-state index in [1.165, 1.54) is 0 Å². The maximum atomic E-state index is 12.2. The van der Waals surface area contributed by atoms with Crippen molar-refractivity contribution in [2.24, 2.45) is 0 Å². The lowest BCUT2D eigenvalue weighted by Gasteiger charge is -2.09. The van der Waals surface area contributed by atoms with Crippen LogP contribution in [-0.2, 0) is 0 Å². The minimum absolute atomic E-state index is 0.0804. The number of rotatable bonds is 6. The van der Waals surface area contributed by atoms with Gasteiger partial charge in [-0.25, -0.2) is 4.68 Å². The summed E-state index contributed by atoms with van der Waals surface area (Å²) >= 11 is 2.16. The van der Waals surface area contributed by atoms with Crippen LogP contribution in [-0.4, -0.2) is 39.0 Å². The number of halogens is 1. The van der Waals surface area contributed by atoms with Crippen molar-refractivity contribution in [3.05, 3.63) is 62.5 Å². The molecule has 0 bridgehead atoms. The molecule has 3 rings (SSSR count). The van der Waals surface area contributed by atoms with Crippen LogP contribution < -0.4 is 10.6 Å². The summed E-state index contributed by atoms with van der Waals surface area (Å²) in [5.74, 6) is 1.25. The van der Waals surface area contributed by atoms with Crippen molar-refractivity contribution in [3.63, 3.8) is 0 Å². The summed E-state index contributed by atoms with van der Waals surface area (Å²) in [5.41, 5.74) is 3.88. The lowest BCUT2D eigenvalue weighted by Crippen LogP contribution is -2.29. The van der Waals surface area contributed by atoms with Gasteiger partial charge in [-0.3, -0.25) is 4.79 Å². The molecule has 0 saturated heterocycles. The Bertz CT molecular complexity index is 951. The largest absolute Gasteiger partial charge is 0.367 e. The van der Waals surface area contributed by atoms with Gasteiger partial charge < -0.3 is 10.6 Å². The van der Waals surface area contributed by atoms with Gasteiger partial charge in [0.1, 0.15) is 5.82 Å². The normalized spacial score (nSPS) is 10.7. The number of carbonyl (C=O) groups is 1. The number of benzene rings is 1. The van der Waals surface area contributed by atoms with Crippen LogP contribution in [0.3, 0.4) is 0 Å². The number of anilines is 1. The molecule has 3 aromatic rings. The molecule has 1 amide bonds. The Hall–Kier alpha value is -2.49. The molecule has 2 N–H and O–H groups in total. The Morgan fingerprint density at radius 3 is 2.48 bits per heavy atom. The van der Waals surface area contributed by atoms with E-state index in [0.717, 1.165) is 20.5 Å². The van der Waals surface area contributed by atoms with Gasteiger partial charge in [0.25, 0.3) is 5.91 Å². The number of nitrogens with zero attached hydrogens (tertiary/aromatic N) is 4. The molecule has 7 nitrogen and oxygen atoms in total. The van der Waals surface area contributed by atoms with E-state index in [0.29, 0.717) is 30.3 Å². The van der Waals surface area contributed by atoms with Gasteiger partial charge >= 0.3 is 0 Å². The first-order chi connectivity index (χ1) is 13.0. The zero-order chi connectivity index (χ0) is 19.4. The van der Waals surface area contributed by atoms with Gasteiger partial charge in [-0.05, 0) is 73.2 Å². The van der Waals surface area contributed by atoms with Crippen molar-refractivity contribution in [2.45, 2.75) is 20.8 Å². The lowest BCUT2D eigenvalue weighted by atomic mass is 10.2. The number of nitrogens with one attached hydrogen (secondary N) is 2. The van der Waals surface area contributed by atoms with E-state index in [-0.39, 0.29) is 5.91 Å². The summed E-state index contributed by atoms with van der Waals surface area (Å²) in [7, 11) is 0. The monoisotopic (exact) mass is 476 g/mol. The summed E-state index contributed by atoms with van der Waals surface area (Å²) < 4.78 is 2.73. The third-order valence-corrected chi connectivity index (χ3v) is 5.30. The van der Waals surface area contributed by atoms with Crippen LogP contribution in [0.4, 0.5) is 5.82 Å². The van der Waals surface area contributed by atoms with E-state index < -0.39 is 0 Å². The Balaban J connectivity index is 1.53. The SMILES string of the molecule is Cc1nn(-c2ccc(NCCNC(=O)c3ccccc3I)nn2)c(C)c1C. The molecule has 0 radical (unpaired) electrons. The van der Waals surface area contributed by atoms with E-state index in [4.69, 9.17) is 0 Å². The number of amides is 1. The van der Waals surface area contributed by atoms with Crippen molar-refractivity contribution >= 4 is 34.3 Å². The van der Waals surface area contributed by atoms with Gasteiger partial charge in [0.15, 0.2) is 5.82 Å². The van der Waals surface area contributed by atoms with Gasteiger partial charge in [0.05, 0.1) is 11.3 Å². The van der Waals surface area contributed by atoms with E-state index in [1.807, 2.05) is 57.2 Å². The Labute approximate surface area is 171 Å². The Morgan fingerprint density at radius 1 is 1.07 bits per heavy atom.